The molecule has 0 aliphatic carbocycles. The van der Waals surface area contributed by atoms with Crippen LogP contribution in [-0.4, -0.2) is 22.8 Å². The van der Waals surface area contributed by atoms with Crippen molar-refractivity contribution in [2.24, 2.45) is 10.8 Å². The highest BCUT2D eigenvalue weighted by Gasteiger charge is 2.49. The molecule has 4 N–H and O–H groups in total. The quantitative estimate of drug-likeness (QED) is 0.508. The minimum absolute atomic E-state index is 0.161. The van der Waals surface area contributed by atoms with Crippen LogP contribution in [0.25, 0.3) is 0 Å². The SMILES string of the molecule is CC1(C)NC(C)(C)C1=NNC(N)=O. The number of hydrazone groups is 1. The Hall–Kier alpha value is -1.10. The summed E-state index contributed by atoms with van der Waals surface area (Å²) in [5.41, 5.74) is 7.74. The van der Waals surface area contributed by atoms with E-state index in [1.807, 2.05) is 27.7 Å². The second-order valence-corrected chi connectivity index (χ2v) is 4.31. The van der Waals surface area contributed by atoms with Gasteiger partial charge in [-0.05, 0) is 27.7 Å². The maximum Gasteiger partial charge on any atom is 0.332 e. The average Bonchev–Trinajstić information content (AvgIpc) is 1.81. The molecule has 2 amide bonds. The molecule has 0 aromatic carbocycles. The Labute approximate surface area is 77.8 Å². The molecule has 5 heteroatoms. The number of primary amides is 1. The first-order valence-electron chi connectivity index (χ1n) is 4.19. The molecule has 0 bridgehead atoms. The minimum Gasteiger partial charge on any atom is -0.350 e. The van der Waals surface area contributed by atoms with Gasteiger partial charge >= 0.3 is 6.03 Å². The molecule has 0 aromatic heterocycles. The largest absolute Gasteiger partial charge is 0.350 e. The molecule has 1 aliphatic heterocycles. The molecule has 0 aromatic rings. The maximum atomic E-state index is 10.4. The number of rotatable bonds is 1. The first-order chi connectivity index (χ1) is 5.76. The molecule has 1 fully saturated rings. The lowest BCUT2D eigenvalue weighted by molar-refractivity contribution is 0.248. The molecular weight excluding hydrogens is 168 g/mol. The first-order valence-corrected chi connectivity index (χ1v) is 4.19. The molecule has 1 heterocycles. The van der Waals surface area contributed by atoms with Gasteiger partial charge < -0.3 is 5.73 Å². The highest BCUT2D eigenvalue weighted by atomic mass is 16.2. The number of hydrogen-bond acceptors (Lipinski definition) is 3. The van der Waals surface area contributed by atoms with Crippen LogP contribution in [-0.2, 0) is 0 Å². The Balaban J connectivity index is 2.76. The Morgan fingerprint density at radius 2 is 1.85 bits per heavy atom. The summed E-state index contributed by atoms with van der Waals surface area (Å²) in [6.07, 6.45) is 0. The van der Waals surface area contributed by atoms with E-state index in [-0.39, 0.29) is 11.1 Å². The van der Waals surface area contributed by atoms with Crippen LogP contribution in [0.5, 0.6) is 0 Å². The fraction of sp³-hybridized carbons (Fsp3) is 0.750. The molecule has 0 radical (unpaired) electrons. The zero-order chi connectivity index (χ0) is 10.3. The number of hydrogen-bond donors (Lipinski definition) is 3. The third-order valence-electron chi connectivity index (χ3n) is 2.09. The van der Waals surface area contributed by atoms with Gasteiger partial charge in [-0.15, -0.1) is 0 Å². The lowest BCUT2D eigenvalue weighted by Gasteiger charge is -2.52. The van der Waals surface area contributed by atoms with Crippen LogP contribution in [0.2, 0.25) is 0 Å². The van der Waals surface area contributed by atoms with Crippen LogP contribution in [0, 0.1) is 0 Å². The number of urea groups is 1. The Kier molecular flexibility index (Phi) is 2.07. The Morgan fingerprint density at radius 3 is 2.15 bits per heavy atom. The van der Waals surface area contributed by atoms with E-state index in [1.165, 1.54) is 0 Å². The highest BCUT2D eigenvalue weighted by molar-refractivity contribution is 6.06. The number of carbonyl (C=O) groups is 1. The third-order valence-corrected chi connectivity index (χ3v) is 2.09. The van der Waals surface area contributed by atoms with Crippen molar-refractivity contribution in [3.63, 3.8) is 0 Å². The predicted octanol–water partition coefficient (Wildman–Crippen LogP) is 0.171. The number of carbonyl (C=O) groups excluding carboxylic acids is 1. The minimum atomic E-state index is -0.633. The molecule has 1 rings (SSSR count). The van der Waals surface area contributed by atoms with E-state index in [4.69, 9.17) is 5.73 Å². The van der Waals surface area contributed by atoms with Gasteiger partial charge in [0.05, 0.1) is 16.8 Å². The summed E-state index contributed by atoms with van der Waals surface area (Å²) < 4.78 is 0. The third kappa shape index (κ3) is 1.80. The van der Waals surface area contributed by atoms with Crippen molar-refractivity contribution in [3.8, 4) is 0 Å². The number of nitrogens with one attached hydrogen (secondary N) is 2. The second-order valence-electron chi connectivity index (χ2n) is 4.31. The van der Waals surface area contributed by atoms with Crippen LogP contribution in [0.4, 0.5) is 4.79 Å². The van der Waals surface area contributed by atoms with Crippen molar-refractivity contribution in [2.75, 3.05) is 0 Å². The van der Waals surface area contributed by atoms with Crippen molar-refractivity contribution < 1.29 is 4.79 Å². The van der Waals surface area contributed by atoms with E-state index in [0.29, 0.717) is 0 Å². The van der Waals surface area contributed by atoms with Crippen LogP contribution in [0.15, 0.2) is 5.10 Å². The van der Waals surface area contributed by atoms with E-state index >= 15 is 0 Å². The summed E-state index contributed by atoms with van der Waals surface area (Å²) in [5, 5.41) is 7.27. The summed E-state index contributed by atoms with van der Waals surface area (Å²) in [5.74, 6) is 0. The van der Waals surface area contributed by atoms with Gasteiger partial charge in [-0.25, -0.2) is 10.2 Å². The van der Waals surface area contributed by atoms with Crippen LogP contribution >= 0.6 is 0 Å². The maximum absolute atomic E-state index is 10.4. The fourth-order valence-corrected chi connectivity index (χ4v) is 2.01. The Bertz CT molecular complexity index is 251. The number of amides is 2. The van der Waals surface area contributed by atoms with Gasteiger partial charge in [0, 0.05) is 0 Å². The zero-order valence-electron chi connectivity index (χ0n) is 8.43. The van der Waals surface area contributed by atoms with Gasteiger partial charge in [0.1, 0.15) is 0 Å². The molecule has 1 saturated heterocycles. The zero-order valence-corrected chi connectivity index (χ0v) is 8.43. The Morgan fingerprint density at radius 1 is 1.38 bits per heavy atom. The molecule has 13 heavy (non-hydrogen) atoms. The fourth-order valence-electron chi connectivity index (χ4n) is 2.01. The number of nitrogens with zero attached hydrogens (tertiary/aromatic N) is 1. The smallest absolute Gasteiger partial charge is 0.332 e. The molecular formula is C8H16N4O. The van der Waals surface area contributed by atoms with Gasteiger partial charge in [0.15, 0.2) is 0 Å². The van der Waals surface area contributed by atoms with Gasteiger partial charge in [-0.1, -0.05) is 0 Å². The molecule has 5 nitrogen and oxygen atoms in total. The standard InChI is InChI=1S/C8H16N4O/c1-7(2)5(8(3,4)12-7)10-11-6(9)13/h12H,1-4H3,(H3,9,11,13). The molecule has 0 saturated carbocycles. The molecule has 74 valence electrons. The van der Waals surface area contributed by atoms with Gasteiger partial charge in [0.2, 0.25) is 0 Å². The van der Waals surface area contributed by atoms with Crippen LogP contribution in [0.3, 0.4) is 0 Å². The summed E-state index contributed by atoms with van der Waals surface area (Å²) >= 11 is 0. The molecule has 0 atom stereocenters. The first kappa shape index (κ1) is 9.98. The van der Waals surface area contributed by atoms with Gasteiger partial charge in [-0.2, -0.15) is 5.10 Å². The normalized spacial score (nSPS) is 23.2. The van der Waals surface area contributed by atoms with Crippen LogP contribution in [0.1, 0.15) is 27.7 Å². The van der Waals surface area contributed by atoms with Crippen molar-refractivity contribution in [1.82, 2.24) is 10.7 Å². The average molecular weight is 184 g/mol. The summed E-state index contributed by atoms with van der Waals surface area (Å²) in [6, 6.07) is -0.633. The van der Waals surface area contributed by atoms with E-state index in [0.717, 1.165) is 5.71 Å². The van der Waals surface area contributed by atoms with Crippen LogP contribution < -0.4 is 16.5 Å². The van der Waals surface area contributed by atoms with Gasteiger partial charge in [-0.3, -0.25) is 5.32 Å². The summed E-state index contributed by atoms with van der Waals surface area (Å²) in [7, 11) is 0. The predicted molar refractivity (Wildman–Crippen MR) is 51.4 cm³/mol. The van der Waals surface area contributed by atoms with E-state index in [2.05, 4.69) is 15.8 Å². The molecule has 0 spiro atoms. The monoisotopic (exact) mass is 184 g/mol. The van der Waals surface area contributed by atoms with Crippen molar-refractivity contribution in [1.29, 1.82) is 0 Å². The van der Waals surface area contributed by atoms with E-state index in [9.17, 15) is 4.79 Å². The lowest BCUT2D eigenvalue weighted by atomic mass is 9.74. The molecule has 0 unspecified atom stereocenters. The van der Waals surface area contributed by atoms with Crippen molar-refractivity contribution in [2.45, 2.75) is 38.8 Å². The van der Waals surface area contributed by atoms with Gasteiger partial charge in [0.25, 0.3) is 0 Å². The highest BCUT2D eigenvalue weighted by Crippen LogP contribution is 2.29. The topological polar surface area (TPSA) is 79.5 Å². The van der Waals surface area contributed by atoms with Crippen molar-refractivity contribution >= 4 is 11.7 Å². The van der Waals surface area contributed by atoms with E-state index in [1.54, 1.807) is 0 Å². The molecule has 1 aliphatic rings. The summed E-state index contributed by atoms with van der Waals surface area (Å²) in [6.45, 7) is 8.00. The van der Waals surface area contributed by atoms with Crippen molar-refractivity contribution in [3.05, 3.63) is 0 Å². The lowest BCUT2D eigenvalue weighted by Crippen LogP contribution is -2.76. The second kappa shape index (κ2) is 2.70. The van der Waals surface area contributed by atoms with E-state index < -0.39 is 6.03 Å². The summed E-state index contributed by atoms with van der Waals surface area (Å²) in [4.78, 5) is 10.4. The number of nitrogens with two attached hydrogens (primary N) is 1.